The Kier molecular flexibility index (Phi) is 3.91. The largest absolute Gasteiger partial charge is 0.468 e. The molecule has 0 saturated carbocycles. The van der Waals surface area contributed by atoms with E-state index in [0.29, 0.717) is 13.0 Å². The first-order valence-corrected chi connectivity index (χ1v) is 7.94. The minimum atomic E-state index is -0.896. The van der Waals surface area contributed by atoms with Crippen molar-refractivity contribution in [2.75, 3.05) is 20.2 Å². The number of nitrogens with one attached hydrogen (secondary N) is 2. The Labute approximate surface area is 141 Å². The van der Waals surface area contributed by atoms with Crippen molar-refractivity contribution in [2.45, 2.75) is 32.8 Å². The van der Waals surface area contributed by atoms with Crippen molar-refractivity contribution in [1.29, 1.82) is 0 Å². The molecule has 0 aromatic heterocycles. The molecule has 0 saturated heterocycles. The van der Waals surface area contributed by atoms with E-state index in [4.69, 9.17) is 9.47 Å². The minimum Gasteiger partial charge on any atom is -0.468 e. The van der Waals surface area contributed by atoms with Crippen LogP contribution in [0.2, 0.25) is 0 Å². The summed E-state index contributed by atoms with van der Waals surface area (Å²) in [7, 11) is 1.37. The summed E-state index contributed by atoms with van der Waals surface area (Å²) in [6.07, 6.45) is 5.43. The summed E-state index contributed by atoms with van der Waals surface area (Å²) in [5.41, 5.74) is 7.59. The van der Waals surface area contributed by atoms with E-state index in [2.05, 4.69) is 10.9 Å². The fourth-order valence-electron chi connectivity index (χ4n) is 3.25. The summed E-state index contributed by atoms with van der Waals surface area (Å²) in [5.74, 6) is -0.342. The third kappa shape index (κ3) is 2.80. The van der Waals surface area contributed by atoms with Gasteiger partial charge in [-0.25, -0.2) is 10.2 Å². The van der Waals surface area contributed by atoms with Crippen LogP contribution in [0.4, 0.5) is 4.79 Å². The van der Waals surface area contributed by atoms with Crippen LogP contribution in [0.1, 0.15) is 27.2 Å². The van der Waals surface area contributed by atoms with E-state index in [-0.39, 0.29) is 12.5 Å². The summed E-state index contributed by atoms with van der Waals surface area (Å²) >= 11 is 0. The topological polar surface area (TPSA) is 79.9 Å². The Bertz CT molecular complexity index is 672. The van der Waals surface area contributed by atoms with Crippen LogP contribution in [-0.4, -0.2) is 42.8 Å². The van der Waals surface area contributed by atoms with Gasteiger partial charge in [0.1, 0.15) is 11.0 Å². The molecule has 1 atom stereocenters. The monoisotopic (exact) mass is 333 g/mol. The Morgan fingerprint density at radius 2 is 2.08 bits per heavy atom. The fraction of sp³-hybridized carbons (Fsp3) is 0.529. The molecule has 0 aromatic rings. The van der Waals surface area contributed by atoms with Crippen molar-refractivity contribution in [2.24, 2.45) is 5.41 Å². The SMILES string of the molecule is COC(=O)C12CC3=C(C=C1C=CN(C(=O)OC(C)(C)C)C2)NNC3. The first-order valence-electron chi connectivity index (χ1n) is 7.94. The number of hydrogen-bond acceptors (Lipinski definition) is 6. The Hall–Kier alpha value is -2.28. The van der Waals surface area contributed by atoms with Gasteiger partial charge in [0.15, 0.2) is 0 Å². The molecule has 2 aliphatic heterocycles. The van der Waals surface area contributed by atoms with E-state index in [1.54, 1.807) is 12.3 Å². The molecule has 1 aliphatic carbocycles. The van der Waals surface area contributed by atoms with Crippen LogP contribution in [0.15, 0.2) is 35.2 Å². The van der Waals surface area contributed by atoms with Gasteiger partial charge < -0.3 is 14.9 Å². The first-order chi connectivity index (χ1) is 11.2. The molecule has 2 N–H and O–H groups in total. The van der Waals surface area contributed by atoms with E-state index in [9.17, 15) is 9.59 Å². The second-order valence-corrected chi connectivity index (χ2v) is 7.27. The number of esters is 1. The maximum Gasteiger partial charge on any atom is 0.414 e. The van der Waals surface area contributed by atoms with Crippen LogP contribution in [-0.2, 0) is 14.3 Å². The molecule has 0 fully saturated rings. The molecule has 3 rings (SSSR count). The predicted molar refractivity (Wildman–Crippen MR) is 87.4 cm³/mol. The Balaban J connectivity index is 1.93. The van der Waals surface area contributed by atoms with Gasteiger partial charge in [-0.05, 0) is 50.5 Å². The smallest absolute Gasteiger partial charge is 0.414 e. The number of ether oxygens (including phenoxy) is 2. The number of methoxy groups -OCH3 is 1. The zero-order valence-electron chi connectivity index (χ0n) is 14.4. The number of allylic oxidation sites excluding steroid dienone is 2. The van der Waals surface area contributed by atoms with Crippen molar-refractivity contribution in [3.8, 4) is 0 Å². The minimum absolute atomic E-state index is 0.202. The number of hydrazine groups is 1. The van der Waals surface area contributed by atoms with Crippen molar-refractivity contribution in [3.63, 3.8) is 0 Å². The average molecular weight is 333 g/mol. The van der Waals surface area contributed by atoms with Gasteiger partial charge in [0.2, 0.25) is 0 Å². The number of rotatable bonds is 1. The number of hydrogen-bond donors (Lipinski definition) is 2. The second kappa shape index (κ2) is 5.66. The summed E-state index contributed by atoms with van der Waals surface area (Å²) in [6.45, 7) is 6.30. The van der Waals surface area contributed by atoms with Crippen LogP contribution < -0.4 is 10.9 Å². The average Bonchev–Trinajstić information content (AvgIpc) is 2.96. The van der Waals surface area contributed by atoms with Gasteiger partial charge in [0, 0.05) is 25.0 Å². The van der Waals surface area contributed by atoms with E-state index >= 15 is 0 Å². The molecule has 7 nitrogen and oxygen atoms in total. The molecule has 0 radical (unpaired) electrons. The maximum atomic E-state index is 12.6. The van der Waals surface area contributed by atoms with E-state index in [1.807, 2.05) is 26.8 Å². The quantitative estimate of drug-likeness (QED) is 0.710. The molecule has 24 heavy (non-hydrogen) atoms. The highest BCUT2D eigenvalue weighted by Crippen LogP contribution is 2.45. The van der Waals surface area contributed by atoms with Crippen molar-refractivity contribution in [1.82, 2.24) is 15.8 Å². The fourth-order valence-corrected chi connectivity index (χ4v) is 3.25. The number of carbonyl (C=O) groups excluding carboxylic acids is 2. The molecule has 0 aromatic carbocycles. The zero-order chi connectivity index (χ0) is 17.5. The van der Waals surface area contributed by atoms with Gasteiger partial charge in [-0.3, -0.25) is 9.69 Å². The van der Waals surface area contributed by atoms with E-state index < -0.39 is 17.1 Å². The number of nitrogens with zero attached hydrogens (tertiary/aromatic N) is 1. The Morgan fingerprint density at radius 3 is 2.75 bits per heavy atom. The van der Waals surface area contributed by atoms with Gasteiger partial charge in [-0.1, -0.05) is 0 Å². The van der Waals surface area contributed by atoms with Crippen LogP contribution in [0, 0.1) is 5.41 Å². The molecule has 0 spiro atoms. The lowest BCUT2D eigenvalue weighted by Gasteiger charge is -2.41. The van der Waals surface area contributed by atoms with E-state index in [1.165, 1.54) is 12.0 Å². The van der Waals surface area contributed by atoms with Gasteiger partial charge in [0.25, 0.3) is 0 Å². The molecule has 1 amide bonds. The predicted octanol–water partition coefficient (Wildman–Crippen LogP) is 1.60. The van der Waals surface area contributed by atoms with E-state index in [0.717, 1.165) is 16.8 Å². The Morgan fingerprint density at radius 1 is 1.33 bits per heavy atom. The van der Waals surface area contributed by atoms with Gasteiger partial charge in [-0.2, -0.15) is 0 Å². The number of fused-ring (bicyclic) bond motifs is 1. The molecule has 7 heteroatoms. The lowest BCUT2D eigenvalue weighted by molar-refractivity contribution is -0.151. The summed E-state index contributed by atoms with van der Waals surface area (Å²) in [4.78, 5) is 26.5. The highest BCUT2D eigenvalue weighted by molar-refractivity contribution is 5.85. The van der Waals surface area contributed by atoms with Crippen LogP contribution in [0.5, 0.6) is 0 Å². The molecule has 130 valence electrons. The third-order valence-corrected chi connectivity index (χ3v) is 4.35. The van der Waals surface area contributed by atoms with Crippen molar-refractivity contribution < 1.29 is 19.1 Å². The molecule has 2 heterocycles. The first kappa shape index (κ1) is 16.6. The van der Waals surface area contributed by atoms with Gasteiger partial charge in [-0.15, -0.1) is 0 Å². The highest BCUT2D eigenvalue weighted by atomic mass is 16.6. The van der Waals surface area contributed by atoms with Crippen LogP contribution in [0.3, 0.4) is 0 Å². The number of amides is 1. The molecule has 3 aliphatic rings. The lowest BCUT2D eigenvalue weighted by atomic mass is 9.70. The van der Waals surface area contributed by atoms with Crippen molar-refractivity contribution >= 4 is 12.1 Å². The third-order valence-electron chi connectivity index (χ3n) is 4.35. The highest BCUT2D eigenvalue weighted by Gasteiger charge is 2.49. The molecular weight excluding hydrogens is 310 g/mol. The second-order valence-electron chi connectivity index (χ2n) is 7.27. The van der Waals surface area contributed by atoms with Gasteiger partial charge in [0.05, 0.1) is 7.11 Å². The summed E-state index contributed by atoms with van der Waals surface area (Å²) in [6, 6.07) is 0. The molecule has 0 bridgehead atoms. The maximum absolute atomic E-state index is 12.6. The zero-order valence-corrected chi connectivity index (χ0v) is 14.4. The normalized spacial score (nSPS) is 25.5. The van der Waals surface area contributed by atoms with Crippen molar-refractivity contribution in [3.05, 3.63) is 35.2 Å². The molecule has 1 unspecified atom stereocenters. The molecular formula is C17H23N3O4. The summed E-state index contributed by atoms with van der Waals surface area (Å²) < 4.78 is 10.5. The van der Waals surface area contributed by atoms with Crippen LogP contribution >= 0.6 is 0 Å². The standard InChI is InChI=1S/C17H23N3O4/c1-16(2,3)24-15(22)20-6-5-12-7-13-11(9-18-19-13)8-17(12,10-20)14(21)23-4/h5-7,18-19H,8-10H2,1-4H3. The van der Waals surface area contributed by atoms with Gasteiger partial charge >= 0.3 is 12.1 Å². The summed E-state index contributed by atoms with van der Waals surface area (Å²) in [5, 5.41) is 0. The lowest BCUT2D eigenvalue weighted by Crippen LogP contribution is -2.49. The number of carbonyl (C=O) groups is 2. The van der Waals surface area contributed by atoms with Crippen LogP contribution in [0.25, 0.3) is 0 Å².